The molecule has 0 saturated heterocycles. The van der Waals surface area contributed by atoms with Gasteiger partial charge in [0.05, 0.1) is 11.1 Å². The number of phenolic OH excluding ortho intramolecular Hbond substituents is 1. The van der Waals surface area contributed by atoms with Crippen LogP contribution in [0.1, 0.15) is 36.6 Å². The van der Waals surface area contributed by atoms with Crippen LogP contribution in [-0.2, 0) is 15.7 Å². The van der Waals surface area contributed by atoms with Crippen LogP contribution >= 0.6 is 0 Å². The average molecular weight is 546 g/mol. The molecule has 4 aromatic rings. The zero-order valence-corrected chi connectivity index (χ0v) is 21.2. The second kappa shape index (κ2) is 12.0. The van der Waals surface area contributed by atoms with E-state index < -0.39 is 30.0 Å². The van der Waals surface area contributed by atoms with E-state index in [0.29, 0.717) is 41.5 Å². The first-order valence-electron chi connectivity index (χ1n) is 12.2. The summed E-state index contributed by atoms with van der Waals surface area (Å²) in [4.78, 5) is 4.25. The first kappa shape index (κ1) is 28.3. The highest BCUT2D eigenvalue weighted by atomic mass is 19.4. The normalized spacial score (nSPS) is 12.7. The van der Waals surface area contributed by atoms with Gasteiger partial charge in [-0.3, -0.25) is 4.98 Å². The maximum atomic E-state index is 15.0. The molecule has 4 rings (SSSR count). The number of fused-ring (bicyclic) bond motifs is 1. The van der Waals surface area contributed by atoms with Gasteiger partial charge in [0.15, 0.2) is 6.29 Å². The van der Waals surface area contributed by atoms with E-state index in [2.05, 4.69) is 4.98 Å². The number of aliphatic hydroxyl groups excluding tert-OH is 1. The Bertz CT molecular complexity index is 1420. The molecule has 0 unspecified atom stereocenters. The molecule has 0 aliphatic rings. The summed E-state index contributed by atoms with van der Waals surface area (Å²) < 4.78 is 71.0. The van der Waals surface area contributed by atoms with Crippen LogP contribution in [0.3, 0.4) is 0 Å². The summed E-state index contributed by atoms with van der Waals surface area (Å²) in [5.74, 6) is -0.684. The Hall–Kier alpha value is -3.73. The molecule has 0 amide bonds. The largest absolute Gasteiger partial charge is 0.508 e. The van der Waals surface area contributed by atoms with Crippen molar-refractivity contribution in [2.24, 2.45) is 0 Å². The highest BCUT2D eigenvalue weighted by Gasteiger charge is 2.32. The fourth-order valence-corrected chi connectivity index (χ4v) is 4.22. The zero-order valence-electron chi connectivity index (χ0n) is 21.2. The fraction of sp³-hybridized carbons (Fsp3) is 0.276. The summed E-state index contributed by atoms with van der Waals surface area (Å²) in [5.41, 5.74) is -0.211. The number of benzene rings is 3. The average Bonchev–Trinajstić information content (AvgIpc) is 2.90. The molecule has 0 aliphatic heterocycles. The van der Waals surface area contributed by atoms with Gasteiger partial charge < -0.3 is 24.4 Å². The topological polar surface area (TPSA) is 81.0 Å². The maximum absolute atomic E-state index is 15.0. The fourth-order valence-electron chi connectivity index (χ4n) is 4.22. The third kappa shape index (κ3) is 6.47. The van der Waals surface area contributed by atoms with E-state index in [4.69, 9.17) is 14.2 Å². The maximum Gasteiger partial charge on any atom is 0.416 e. The van der Waals surface area contributed by atoms with E-state index in [0.717, 1.165) is 12.1 Å². The lowest BCUT2D eigenvalue weighted by molar-refractivity contribution is -0.152. The molecule has 6 nitrogen and oxygen atoms in total. The van der Waals surface area contributed by atoms with E-state index in [1.165, 1.54) is 24.4 Å². The molecule has 3 aromatic carbocycles. The van der Waals surface area contributed by atoms with Crippen molar-refractivity contribution in [3.05, 3.63) is 89.4 Å². The van der Waals surface area contributed by atoms with Crippen molar-refractivity contribution in [1.82, 2.24) is 4.98 Å². The molecule has 1 atom stereocenters. The first-order chi connectivity index (χ1) is 18.6. The van der Waals surface area contributed by atoms with Crippen molar-refractivity contribution < 1.29 is 42.0 Å². The minimum absolute atomic E-state index is 0.0668. The molecule has 0 bridgehead atoms. The molecule has 10 heteroatoms. The van der Waals surface area contributed by atoms with Crippen molar-refractivity contribution >= 4 is 10.9 Å². The van der Waals surface area contributed by atoms with E-state index in [-0.39, 0.29) is 29.0 Å². The summed E-state index contributed by atoms with van der Waals surface area (Å²) in [6.45, 7) is 4.76. The van der Waals surface area contributed by atoms with Gasteiger partial charge in [0.1, 0.15) is 30.0 Å². The number of ether oxygens (including phenoxy) is 3. The van der Waals surface area contributed by atoms with Gasteiger partial charge in [0.25, 0.3) is 0 Å². The van der Waals surface area contributed by atoms with E-state index in [1.807, 2.05) is 13.8 Å². The highest BCUT2D eigenvalue weighted by molar-refractivity contribution is 5.90. The number of aromatic hydroxyl groups is 1. The van der Waals surface area contributed by atoms with Gasteiger partial charge in [-0.05, 0) is 55.8 Å². The van der Waals surface area contributed by atoms with Crippen LogP contribution in [0, 0.1) is 5.82 Å². The van der Waals surface area contributed by atoms with Crippen LogP contribution in [0.5, 0.6) is 11.5 Å². The molecule has 0 spiro atoms. The summed E-state index contributed by atoms with van der Waals surface area (Å²) in [7, 11) is 0. The minimum Gasteiger partial charge on any atom is -0.508 e. The SMILES string of the molecule is CCOC(COc1ccc([C@@H](O)c2c(-c3ccc(C(F)(F)F)cc3F)cnc3cc(O)ccc23)cc1)OCC. The van der Waals surface area contributed by atoms with E-state index in [9.17, 15) is 23.4 Å². The monoisotopic (exact) mass is 545 g/mol. The van der Waals surface area contributed by atoms with Crippen LogP contribution in [0.25, 0.3) is 22.0 Å². The number of nitrogens with zero attached hydrogens (tertiary/aromatic N) is 1. The van der Waals surface area contributed by atoms with Gasteiger partial charge in [-0.25, -0.2) is 4.39 Å². The molecule has 2 N–H and O–H groups in total. The summed E-state index contributed by atoms with van der Waals surface area (Å²) in [6, 6.07) is 13.0. The van der Waals surface area contributed by atoms with Gasteiger partial charge in [-0.1, -0.05) is 18.2 Å². The Morgan fingerprint density at radius 1 is 0.897 bits per heavy atom. The van der Waals surface area contributed by atoms with Crippen molar-refractivity contribution in [2.75, 3.05) is 19.8 Å². The molecule has 0 saturated carbocycles. The third-order valence-corrected chi connectivity index (χ3v) is 6.04. The van der Waals surface area contributed by atoms with Gasteiger partial charge in [-0.2, -0.15) is 13.2 Å². The quantitative estimate of drug-likeness (QED) is 0.172. The van der Waals surface area contributed by atoms with Crippen LogP contribution in [0.15, 0.2) is 66.9 Å². The molecule has 0 aliphatic carbocycles. The standard InChI is InChI=1S/C29H27F4NO5/c1-3-37-26(38-4-2)16-39-20-9-5-17(6-10-20)28(36)27-22-12-8-19(35)14-25(22)34-15-23(27)21-11-7-18(13-24(21)30)29(31,32)33/h5-15,26,28,35-36H,3-4,16H2,1-2H3/t28-/m1/s1. The third-order valence-electron chi connectivity index (χ3n) is 6.04. The van der Waals surface area contributed by atoms with Crippen LogP contribution in [0.2, 0.25) is 0 Å². The van der Waals surface area contributed by atoms with Crippen molar-refractivity contribution in [3.63, 3.8) is 0 Å². The minimum atomic E-state index is -4.71. The number of aliphatic hydroxyl groups is 1. The van der Waals surface area contributed by atoms with Gasteiger partial charge in [0.2, 0.25) is 0 Å². The van der Waals surface area contributed by atoms with Crippen molar-refractivity contribution in [1.29, 1.82) is 0 Å². The molecule has 1 aromatic heterocycles. The predicted molar refractivity (Wildman–Crippen MR) is 137 cm³/mol. The Morgan fingerprint density at radius 3 is 2.21 bits per heavy atom. The Kier molecular flexibility index (Phi) is 8.69. The second-order valence-electron chi connectivity index (χ2n) is 8.60. The van der Waals surface area contributed by atoms with E-state index in [1.54, 1.807) is 24.3 Å². The van der Waals surface area contributed by atoms with Gasteiger partial charge >= 0.3 is 6.18 Å². The van der Waals surface area contributed by atoms with Gasteiger partial charge in [0, 0.05) is 47.6 Å². The van der Waals surface area contributed by atoms with Crippen LogP contribution < -0.4 is 4.74 Å². The lowest BCUT2D eigenvalue weighted by Gasteiger charge is -2.20. The zero-order chi connectivity index (χ0) is 28.2. The summed E-state index contributed by atoms with van der Waals surface area (Å²) in [6.07, 6.45) is -5.29. The van der Waals surface area contributed by atoms with Gasteiger partial charge in [-0.15, -0.1) is 0 Å². The number of pyridine rings is 1. The molecule has 39 heavy (non-hydrogen) atoms. The lowest BCUT2D eigenvalue weighted by Crippen LogP contribution is -2.25. The number of rotatable bonds is 10. The smallest absolute Gasteiger partial charge is 0.416 e. The number of phenols is 1. The van der Waals surface area contributed by atoms with Crippen molar-refractivity contribution in [2.45, 2.75) is 32.4 Å². The van der Waals surface area contributed by atoms with Crippen LogP contribution in [-0.4, -0.2) is 41.3 Å². The summed E-state index contributed by atoms with van der Waals surface area (Å²) in [5, 5.41) is 21.7. The summed E-state index contributed by atoms with van der Waals surface area (Å²) >= 11 is 0. The van der Waals surface area contributed by atoms with E-state index >= 15 is 4.39 Å². The molecule has 0 radical (unpaired) electrons. The molecule has 206 valence electrons. The highest BCUT2D eigenvalue weighted by Crippen LogP contribution is 2.40. The molecule has 0 fully saturated rings. The second-order valence-corrected chi connectivity index (χ2v) is 8.60. The molecular formula is C29H27F4NO5. The molecular weight excluding hydrogens is 518 g/mol. The van der Waals surface area contributed by atoms with Crippen LogP contribution in [0.4, 0.5) is 17.6 Å². The number of hydrogen-bond acceptors (Lipinski definition) is 6. The number of halogens is 4. The number of hydrogen-bond donors (Lipinski definition) is 2. The number of alkyl halides is 3. The van der Waals surface area contributed by atoms with Crippen molar-refractivity contribution in [3.8, 4) is 22.6 Å². The Labute approximate surface area is 222 Å². The Balaban J connectivity index is 1.72. The lowest BCUT2D eigenvalue weighted by atomic mass is 9.90. The predicted octanol–water partition coefficient (Wildman–Crippen LogP) is 6.62. The first-order valence-corrected chi connectivity index (χ1v) is 12.2. The Morgan fingerprint density at radius 2 is 1.59 bits per heavy atom. The number of aromatic nitrogens is 1. The molecule has 1 heterocycles.